The number of nitrogens with zero attached hydrogens (tertiary/aromatic N) is 2. The molecule has 1 fully saturated rings. The maximum atomic E-state index is 12.2. The summed E-state index contributed by atoms with van der Waals surface area (Å²) in [4.78, 5) is 16.0. The third-order valence-electron chi connectivity index (χ3n) is 3.94. The van der Waals surface area contributed by atoms with E-state index in [9.17, 15) is 9.90 Å². The van der Waals surface area contributed by atoms with E-state index in [4.69, 9.17) is 0 Å². The Bertz CT molecular complexity index is 476. The third kappa shape index (κ3) is 4.36. The largest absolute Gasteiger partial charge is 0.396 e. The summed E-state index contributed by atoms with van der Waals surface area (Å²) in [6, 6.07) is 8.09. The first-order chi connectivity index (χ1) is 10.1. The number of carbonyl (C=O) groups excluding carboxylic acids is 1. The minimum absolute atomic E-state index is 0.0385. The van der Waals surface area contributed by atoms with Crippen LogP contribution in [0.1, 0.15) is 18.4 Å². The molecule has 5 nitrogen and oxygen atoms in total. The number of nitrogens with one attached hydrogen (secondary N) is 1. The van der Waals surface area contributed by atoms with Gasteiger partial charge in [-0.1, -0.05) is 12.1 Å². The zero-order chi connectivity index (χ0) is 15.2. The minimum atomic E-state index is -0.0385. The van der Waals surface area contributed by atoms with E-state index in [0.717, 1.165) is 30.6 Å². The van der Waals surface area contributed by atoms with E-state index in [2.05, 4.69) is 11.4 Å². The maximum Gasteiger partial charge on any atom is 0.317 e. The lowest BCUT2D eigenvalue weighted by atomic mass is 9.99. The van der Waals surface area contributed by atoms with E-state index in [1.807, 2.05) is 37.2 Å². The molecular formula is C16H25N3O2. The lowest BCUT2D eigenvalue weighted by Crippen LogP contribution is -2.45. The number of benzene rings is 1. The molecule has 2 amide bonds. The van der Waals surface area contributed by atoms with Crippen molar-refractivity contribution in [3.05, 3.63) is 29.8 Å². The Balaban J connectivity index is 1.87. The first kappa shape index (κ1) is 15.6. The van der Waals surface area contributed by atoms with E-state index >= 15 is 0 Å². The molecule has 1 aromatic rings. The standard InChI is InChI=1S/C16H25N3O2/c1-18(2)15-7-3-5-13(9-15)10-17-16(21)19-8-4-6-14(11-19)12-20/h3,5,7,9,14,20H,4,6,8,10-12H2,1-2H3,(H,17,21). The molecule has 1 aliphatic heterocycles. The molecule has 0 aliphatic carbocycles. The van der Waals surface area contributed by atoms with Crippen LogP contribution in [0.2, 0.25) is 0 Å². The molecule has 0 spiro atoms. The lowest BCUT2D eigenvalue weighted by Gasteiger charge is -2.31. The van der Waals surface area contributed by atoms with Crippen LogP contribution in [0.4, 0.5) is 10.5 Å². The summed E-state index contributed by atoms with van der Waals surface area (Å²) in [5.41, 5.74) is 2.21. The van der Waals surface area contributed by atoms with Crippen LogP contribution < -0.4 is 10.2 Å². The highest BCUT2D eigenvalue weighted by Gasteiger charge is 2.22. The molecule has 1 atom stereocenters. The summed E-state index contributed by atoms with van der Waals surface area (Å²) < 4.78 is 0. The van der Waals surface area contributed by atoms with Crippen molar-refractivity contribution < 1.29 is 9.90 Å². The van der Waals surface area contributed by atoms with Crippen molar-refractivity contribution in [3.63, 3.8) is 0 Å². The third-order valence-corrected chi connectivity index (χ3v) is 3.94. The molecule has 0 saturated carbocycles. The van der Waals surface area contributed by atoms with Gasteiger partial charge in [-0.2, -0.15) is 0 Å². The lowest BCUT2D eigenvalue weighted by molar-refractivity contribution is 0.129. The van der Waals surface area contributed by atoms with Gasteiger partial charge in [0.2, 0.25) is 0 Å². The van der Waals surface area contributed by atoms with Crippen molar-refractivity contribution >= 4 is 11.7 Å². The summed E-state index contributed by atoms with van der Waals surface area (Å²) in [5, 5.41) is 12.2. The van der Waals surface area contributed by atoms with E-state index in [0.29, 0.717) is 13.1 Å². The van der Waals surface area contributed by atoms with Gasteiger partial charge in [0.15, 0.2) is 0 Å². The van der Waals surface area contributed by atoms with Crippen molar-refractivity contribution in [3.8, 4) is 0 Å². The molecule has 2 rings (SSSR count). The van der Waals surface area contributed by atoms with Gasteiger partial charge in [-0.25, -0.2) is 4.79 Å². The van der Waals surface area contributed by atoms with Crippen LogP contribution in [0.15, 0.2) is 24.3 Å². The predicted octanol–water partition coefficient (Wildman–Crippen LogP) is 1.67. The number of hydrogen-bond donors (Lipinski definition) is 2. The molecule has 1 heterocycles. The smallest absolute Gasteiger partial charge is 0.317 e. The van der Waals surface area contributed by atoms with E-state index in [1.165, 1.54) is 0 Å². The summed E-state index contributed by atoms with van der Waals surface area (Å²) >= 11 is 0. The molecule has 21 heavy (non-hydrogen) atoms. The van der Waals surface area contributed by atoms with E-state index in [-0.39, 0.29) is 18.6 Å². The summed E-state index contributed by atoms with van der Waals surface area (Å²) in [7, 11) is 4.00. The number of carbonyl (C=O) groups is 1. The molecule has 1 aromatic carbocycles. The van der Waals surface area contributed by atoms with Crippen LogP contribution in [0, 0.1) is 5.92 Å². The topological polar surface area (TPSA) is 55.8 Å². The molecule has 0 radical (unpaired) electrons. The van der Waals surface area contributed by atoms with Crippen LogP contribution >= 0.6 is 0 Å². The fourth-order valence-electron chi connectivity index (χ4n) is 2.63. The Morgan fingerprint density at radius 1 is 1.48 bits per heavy atom. The highest BCUT2D eigenvalue weighted by atomic mass is 16.3. The molecule has 2 N–H and O–H groups in total. The van der Waals surface area contributed by atoms with Crippen LogP contribution in [-0.2, 0) is 6.54 Å². The van der Waals surface area contributed by atoms with Crippen LogP contribution in [0.25, 0.3) is 0 Å². The first-order valence-electron chi connectivity index (χ1n) is 7.50. The molecule has 1 saturated heterocycles. The maximum absolute atomic E-state index is 12.2. The summed E-state index contributed by atoms with van der Waals surface area (Å²) in [6.45, 7) is 2.12. The van der Waals surface area contributed by atoms with Gasteiger partial charge >= 0.3 is 6.03 Å². The Hall–Kier alpha value is -1.75. The van der Waals surface area contributed by atoms with Crippen molar-refractivity contribution in [1.82, 2.24) is 10.2 Å². The average Bonchev–Trinajstić information content (AvgIpc) is 2.53. The van der Waals surface area contributed by atoms with E-state index < -0.39 is 0 Å². The van der Waals surface area contributed by atoms with Crippen molar-refractivity contribution in [2.75, 3.05) is 38.7 Å². The van der Waals surface area contributed by atoms with Crippen LogP contribution in [-0.4, -0.2) is 49.8 Å². The van der Waals surface area contributed by atoms with Gasteiger partial charge in [0, 0.05) is 46.0 Å². The highest BCUT2D eigenvalue weighted by Crippen LogP contribution is 2.16. The fourth-order valence-corrected chi connectivity index (χ4v) is 2.63. The molecule has 116 valence electrons. The number of hydrogen-bond acceptors (Lipinski definition) is 3. The van der Waals surface area contributed by atoms with Crippen molar-refractivity contribution in [2.24, 2.45) is 5.92 Å². The normalized spacial score (nSPS) is 18.4. The fraction of sp³-hybridized carbons (Fsp3) is 0.562. The summed E-state index contributed by atoms with van der Waals surface area (Å²) in [6.07, 6.45) is 1.97. The summed E-state index contributed by atoms with van der Waals surface area (Å²) in [5.74, 6) is 0.224. The number of piperidine rings is 1. The van der Waals surface area contributed by atoms with Gasteiger partial charge in [-0.3, -0.25) is 0 Å². The van der Waals surface area contributed by atoms with Gasteiger partial charge < -0.3 is 20.2 Å². The van der Waals surface area contributed by atoms with Gasteiger partial charge in [-0.15, -0.1) is 0 Å². The second-order valence-electron chi connectivity index (χ2n) is 5.86. The number of likely N-dealkylation sites (tertiary alicyclic amines) is 1. The zero-order valence-electron chi connectivity index (χ0n) is 12.9. The Morgan fingerprint density at radius 2 is 2.29 bits per heavy atom. The number of urea groups is 1. The van der Waals surface area contributed by atoms with Crippen molar-refractivity contribution in [1.29, 1.82) is 0 Å². The molecular weight excluding hydrogens is 266 g/mol. The average molecular weight is 291 g/mol. The zero-order valence-corrected chi connectivity index (χ0v) is 12.9. The van der Waals surface area contributed by atoms with E-state index in [1.54, 1.807) is 4.90 Å². The first-order valence-corrected chi connectivity index (χ1v) is 7.50. The van der Waals surface area contributed by atoms with Gasteiger partial charge in [0.25, 0.3) is 0 Å². The van der Waals surface area contributed by atoms with Crippen molar-refractivity contribution in [2.45, 2.75) is 19.4 Å². The second kappa shape index (κ2) is 7.31. The van der Waals surface area contributed by atoms with Gasteiger partial charge in [0.05, 0.1) is 0 Å². The number of amides is 2. The quantitative estimate of drug-likeness (QED) is 0.887. The molecule has 0 aromatic heterocycles. The van der Waals surface area contributed by atoms with Gasteiger partial charge in [-0.05, 0) is 36.5 Å². The SMILES string of the molecule is CN(C)c1cccc(CNC(=O)N2CCCC(CO)C2)c1. The number of rotatable bonds is 4. The van der Waals surface area contributed by atoms with Gasteiger partial charge in [0.1, 0.15) is 0 Å². The highest BCUT2D eigenvalue weighted by molar-refractivity contribution is 5.74. The second-order valence-corrected chi connectivity index (χ2v) is 5.86. The molecule has 0 bridgehead atoms. The number of aliphatic hydroxyl groups is 1. The predicted molar refractivity (Wildman–Crippen MR) is 84.4 cm³/mol. The number of aliphatic hydroxyl groups excluding tert-OH is 1. The molecule has 1 aliphatic rings. The molecule has 1 unspecified atom stereocenters. The molecule has 5 heteroatoms. The minimum Gasteiger partial charge on any atom is -0.396 e. The Labute approximate surface area is 126 Å². The van der Waals surface area contributed by atoms with Crippen LogP contribution in [0.5, 0.6) is 0 Å². The monoisotopic (exact) mass is 291 g/mol. The Kier molecular flexibility index (Phi) is 5.44. The van der Waals surface area contributed by atoms with Crippen LogP contribution in [0.3, 0.4) is 0 Å². The Morgan fingerprint density at radius 3 is 3.00 bits per heavy atom. The number of anilines is 1.